The number of nitrogens with one attached hydrogen (secondary N) is 1. The van der Waals surface area contributed by atoms with Gasteiger partial charge in [-0.15, -0.1) is 0 Å². The number of halogens is 2. The molecule has 5 rings (SSSR count). The average Bonchev–Trinajstić information content (AvgIpc) is 3.24. The molecule has 1 aliphatic heterocycles. The molecule has 3 aliphatic rings. The topological polar surface area (TPSA) is 95.4 Å². The van der Waals surface area contributed by atoms with Crippen LogP contribution in [0.2, 0.25) is 0 Å². The molecule has 2 heterocycles. The standard InChI is InChI=1S/C21H24F2N4O3S/c1-11-17(28)10-27(11)20-24-18(15-7-8-21(22,23)19(15)25-20)13-3-5-14-12(9-13)4-6-16(14)26-31(2,29)30/h3,5,9,11,16-17,26,28H,4,6-8,10H2,1-2H3/t11-,16+,17+/m0/s1. The molecule has 1 saturated heterocycles. The zero-order valence-corrected chi connectivity index (χ0v) is 18.1. The van der Waals surface area contributed by atoms with Crippen LogP contribution in [0.1, 0.15) is 48.2 Å². The number of aromatic nitrogens is 2. The SMILES string of the molecule is C[C@H]1[C@H](O)CN1c1nc(-c2ccc3c(c2)CC[C@H]3NS(C)(=O)=O)c2c(n1)C(F)(F)CC2. The van der Waals surface area contributed by atoms with E-state index < -0.39 is 22.0 Å². The van der Waals surface area contributed by atoms with Crippen molar-refractivity contribution in [2.24, 2.45) is 0 Å². The second-order valence-corrected chi connectivity index (χ2v) is 10.5. The molecule has 2 N–H and O–H groups in total. The van der Waals surface area contributed by atoms with Gasteiger partial charge in [-0.2, -0.15) is 8.78 Å². The van der Waals surface area contributed by atoms with E-state index in [-0.39, 0.29) is 36.6 Å². The lowest BCUT2D eigenvalue weighted by Gasteiger charge is -2.43. The highest BCUT2D eigenvalue weighted by molar-refractivity contribution is 7.88. The van der Waals surface area contributed by atoms with Crippen molar-refractivity contribution in [3.63, 3.8) is 0 Å². The van der Waals surface area contributed by atoms with Crippen molar-refractivity contribution >= 4 is 16.0 Å². The predicted octanol–water partition coefficient (Wildman–Crippen LogP) is 2.29. The van der Waals surface area contributed by atoms with Gasteiger partial charge in [0.05, 0.1) is 24.1 Å². The average molecular weight is 451 g/mol. The molecule has 0 saturated carbocycles. The van der Waals surface area contributed by atoms with Crippen molar-refractivity contribution in [1.29, 1.82) is 0 Å². The summed E-state index contributed by atoms with van der Waals surface area (Å²) >= 11 is 0. The maximum atomic E-state index is 14.6. The van der Waals surface area contributed by atoms with Crippen LogP contribution in [0.15, 0.2) is 18.2 Å². The van der Waals surface area contributed by atoms with E-state index in [4.69, 9.17) is 0 Å². The number of anilines is 1. The zero-order chi connectivity index (χ0) is 22.1. The van der Waals surface area contributed by atoms with Gasteiger partial charge in [-0.1, -0.05) is 12.1 Å². The zero-order valence-electron chi connectivity index (χ0n) is 17.3. The third kappa shape index (κ3) is 3.50. The number of sulfonamides is 1. The van der Waals surface area contributed by atoms with Gasteiger partial charge in [0.25, 0.3) is 5.92 Å². The number of β-amino-alcohol motifs (C(OH)–C–C–N with tert-alkyl or cyclic N) is 1. The second kappa shape index (κ2) is 6.91. The Morgan fingerprint density at radius 2 is 2.03 bits per heavy atom. The highest BCUT2D eigenvalue weighted by Gasteiger charge is 2.45. The number of alkyl halides is 2. The minimum Gasteiger partial charge on any atom is -0.389 e. The highest BCUT2D eigenvalue weighted by Crippen LogP contribution is 2.45. The summed E-state index contributed by atoms with van der Waals surface area (Å²) in [7, 11) is -3.33. The molecule has 7 nitrogen and oxygen atoms in total. The molecule has 0 radical (unpaired) electrons. The predicted molar refractivity (Wildman–Crippen MR) is 112 cm³/mol. The van der Waals surface area contributed by atoms with E-state index in [0.717, 1.165) is 22.9 Å². The molecule has 1 aromatic heterocycles. The Kier molecular flexibility index (Phi) is 4.62. The number of hydrogen-bond donors (Lipinski definition) is 2. The smallest absolute Gasteiger partial charge is 0.290 e. The summed E-state index contributed by atoms with van der Waals surface area (Å²) in [5, 5.41) is 9.85. The van der Waals surface area contributed by atoms with Crippen LogP contribution in [0, 0.1) is 0 Å². The van der Waals surface area contributed by atoms with Gasteiger partial charge in [-0.3, -0.25) is 0 Å². The summed E-state index contributed by atoms with van der Waals surface area (Å²) < 4.78 is 55.1. The Balaban J connectivity index is 1.57. The first-order valence-electron chi connectivity index (χ1n) is 10.4. The largest absolute Gasteiger partial charge is 0.389 e. The normalized spacial score (nSPS) is 26.5. The number of hydrogen-bond acceptors (Lipinski definition) is 6. The van der Waals surface area contributed by atoms with Crippen LogP contribution >= 0.6 is 0 Å². The number of benzene rings is 1. The van der Waals surface area contributed by atoms with Crippen molar-refractivity contribution in [2.75, 3.05) is 17.7 Å². The molecule has 3 atom stereocenters. The molecule has 2 aromatic rings. The maximum absolute atomic E-state index is 14.6. The van der Waals surface area contributed by atoms with E-state index in [0.29, 0.717) is 30.6 Å². The molecular formula is C21H24F2N4O3S. The van der Waals surface area contributed by atoms with E-state index in [1.165, 1.54) is 0 Å². The van der Waals surface area contributed by atoms with Crippen LogP contribution in [-0.2, 0) is 28.8 Å². The van der Waals surface area contributed by atoms with Gasteiger partial charge >= 0.3 is 0 Å². The van der Waals surface area contributed by atoms with Crippen molar-refractivity contribution in [3.8, 4) is 11.3 Å². The number of aryl methyl sites for hydroxylation is 1. The summed E-state index contributed by atoms with van der Waals surface area (Å²) in [6.07, 6.45) is 1.86. The maximum Gasteiger partial charge on any atom is 0.290 e. The number of nitrogens with zero attached hydrogens (tertiary/aromatic N) is 3. The first-order chi connectivity index (χ1) is 14.5. The molecule has 0 spiro atoms. The molecule has 1 aromatic carbocycles. The third-order valence-electron chi connectivity index (χ3n) is 6.57. The molecule has 10 heteroatoms. The van der Waals surface area contributed by atoms with Gasteiger partial charge in [-0.05, 0) is 43.4 Å². The highest BCUT2D eigenvalue weighted by atomic mass is 32.2. The number of aliphatic hydroxyl groups is 1. The van der Waals surface area contributed by atoms with Crippen molar-refractivity contribution in [2.45, 2.75) is 56.7 Å². The number of fused-ring (bicyclic) bond motifs is 2. The minimum atomic E-state index is -3.33. The van der Waals surface area contributed by atoms with Gasteiger partial charge in [0.2, 0.25) is 16.0 Å². The summed E-state index contributed by atoms with van der Waals surface area (Å²) in [6.45, 7) is 2.13. The van der Waals surface area contributed by atoms with Crippen LogP contribution in [0.25, 0.3) is 11.3 Å². The molecule has 31 heavy (non-hydrogen) atoms. The fourth-order valence-corrected chi connectivity index (χ4v) is 5.54. The number of rotatable bonds is 4. The van der Waals surface area contributed by atoms with Crippen LogP contribution in [0.3, 0.4) is 0 Å². The van der Waals surface area contributed by atoms with E-state index in [1.54, 1.807) is 4.90 Å². The van der Waals surface area contributed by atoms with Gasteiger partial charge in [-0.25, -0.2) is 23.1 Å². The van der Waals surface area contributed by atoms with E-state index in [1.807, 2.05) is 25.1 Å². The fourth-order valence-electron chi connectivity index (χ4n) is 4.78. The van der Waals surface area contributed by atoms with Crippen LogP contribution in [0.5, 0.6) is 0 Å². The third-order valence-corrected chi connectivity index (χ3v) is 7.28. The van der Waals surface area contributed by atoms with E-state index in [9.17, 15) is 22.3 Å². The molecule has 0 unspecified atom stereocenters. The van der Waals surface area contributed by atoms with Gasteiger partial charge in [0.15, 0.2) is 0 Å². The first kappa shape index (κ1) is 20.7. The minimum absolute atomic E-state index is 0.200. The monoisotopic (exact) mass is 450 g/mol. The van der Waals surface area contributed by atoms with Gasteiger partial charge in [0, 0.05) is 30.1 Å². The summed E-state index contributed by atoms with van der Waals surface area (Å²) in [5.74, 6) is -2.79. The Morgan fingerprint density at radius 3 is 2.71 bits per heavy atom. The lowest BCUT2D eigenvalue weighted by atomic mass is 9.99. The summed E-state index contributed by atoms with van der Waals surface area (Å²) in [5.41, 5.74) is 3.36. The Morgan fingerprint density at radius 1 is 1.26 bits per heavy atom. The lowest BCUT2D eigenvalue weighted by Crippen LogP contribution is -2.59. The van der Waals surface area contributed by atoms with Crippen molar-refractivity contribution < 1.29 is 22.3 Å². The Bertz CT molecular complexity index is 1170. The number of aliphatic hydroxyl groups excluding tert-OH is 1. The quantitative estimate of drug-likeness (QED) is 0.742. The summed E-state index contributed by atoms with van der Waals surface area (Å²) in [4.78, 5) is 10.6. The first-order valence-corrected chi connectivity index (χ1v) is 12.3. The fraction of sp³-hybridized carbons (Fsp3) is 0.524. The van der Waals surface area contributed by atoms with Crippen LogP contribution < -0.4 is 9.62 Å². The van der Waals surface area contributed by atoms with E-state index in [2.05, 4.69) is 14.7 Å². The van der Waals surface area contributed by atoms with Crippen LogP contribution in [0.4, 0.5) is 14.7 Å². The molecule has 0 bridgehead atoms. The molecule has 1 fully saturated rings. The van der Waals surface area contributed by atoms with Gasteiger partial charge in [0.1, 0.15) is 5.69 Å². The lowest BCUT2D eigenvalue weighted by molar-refractivity contribution is -0.00603. The second-order valence-electron chi connectivity index (χ2n) is 8.76. The summed E-state index contributed by atoms with van der Waals surface area (Å²) in [6, 6.07) is 5.09. The molecule has 0 amide bonds. The Labute approximate surface area is 179 Å². The van der Waals surface area contributed by atoms with Gasteiger partial charge < -0.3 is 10.0 Å². The van der Waals surface area contributed by atoms with Crippen molar-refractivity contribution in [3.05, 3.63) is 40.6 Å². The molecule has 2 aliphatic carbocycles. The van der Waals surface area contributed by atoms with E-state index >= 15 is 0 Å². The molecule has 166 valence electrons. The molecular weight excluding hydrogens is 426 g/mol. The van der Waals surface area contributed by atoms with Crippen molar-refractivity contribution in [1.82, 2.24) is 14.7 Å². The van der Waals surface area contributed by atoms with Crippen LogP contribution in [-0.4, -0.2) is 48.4 Å². The Hall–Kier alpha value is -2.17.